The molecule has 1 aromatic carbocycles. The van der Waals surface area contributed by atoms with E-state index in [0.29, 0.717) is 59.9 Å². The first-order valence-electron chi connectivity index (χ1n) is 11.0. The average molecular weight is 502 g/mol. The van der Waals surface area contributed by atoms with E-state index in [1.165, 1.54) is 11.3 Å². The summed E-state index contributed by atoms with van der Waals surface area (Å²) in [5, 5.41) is 13.5. The lowest BCUT2D eigenvalue weighted by molar-refractivity contribution is 0.0531. The summed E-state index contributed by atoms with van der Waals surface area (Å²) in [7, 11) is -1.06. The molecule has 0 bridgehead atoms. The number of carbonyl (C=O) groups is 1. The van der Waals surface area contributed by atoms with Crippen molar-refractivity contribution in [1.29, 1.82) is 0 Å². The molecule has 3 aromatic rings. The molecule has 9 nitrogen and oxygen atoms in total. The molecule has 1 aliphatic heterocycles. The molecule has 2 N–H and O–H groups in total. The number of nitrogens with one attached hydrogen (secondary N) is 1. The lowest BCUT2D eigenvalue weighted by Crippen LogP contribution is -2.36. The molecule has 4 rings (SSSR count). The quantitative estimate of drug-likeness (QED) is 0.469. The van der Waals surface area contributed by atoms with Gasteiger partial charge in [0.15, 0.2) is 5.13 Å². The lowest BCUT2D eigenvalue weighted by Gasteiger charge is -2.30. The van der Waals surface area contributed by atoms with Crippen LogP contribution in [0.15, 0.2) is 35.2 Å². The monoisotopic (exact) mass is 501 g/mol. The number of thiazole rings is 1. The molecular weight excluding hydrogens is 474 g/mol. The van der Waals surface area contributed by atoms with Crippen molar-refractivity contribution < 1.29 is 18.8 Å². The summed E-state index contributed by atoms with van der Waals surface area (Å²) >= 11 is 1.19. The number of aliphatic hydroxyl groups is 1. The summed E-state index contributed by atoms with van der Waals surface area (Å²) in [4.78, 5) is 29.3. The van der Waals surface area contributed by atoms with Gasteiger partial charge in [-0.2, -0.15) is 4.98 Å². The van der Waals surface area contributed by atoms with Crippen LogP contribution in [0.4, 0.5) is 16.9 Å². The maximum absolute atomic E-state index is 12.2. The highest BCUT2D eigenvalue weighted by Gasteiger charge is 2.21. The number of nitrogens with zero attached hydrogens (tertiary/aromatic N) is 4. The number of carbonyl (C=O) groups excluding carboxylic acids is 1. The minimum absolute atomic E-state index is 0.294. The third-order valence-corrected chi connectivity index (χ3v) is 7.45. The summed E-state index contributed by atoms with van der Waals surface area (Å²) in [5.74, 6) is 0.688. The molecule has 3 heterocycles. The van der Waals surface area contributed by atoms with Gasteiger partial charge in [-0.1, -0.05) is 23.5 Å². The number of rotatable bonds is 7. The van der Waals surface area contributed by atoms with Gasteiger partial charge in [0.25, 0.3) is 0 Å². The zero-order valence-corrected chi connectivity index (χ0v) is 20.9. The molecular formula is C23H27N5O4S2. The van der Waals surface area contributed by atoms with E-state index < -0.39 is 16.8 Å². The fourth-order valence-corrected chi connectivity index (χ4v) is 5.02. The zero-order chi connectivity index (χ0) is 24.2. The van der Waals surface area contributed by atoms with Gasteiger partial charge < -0.3 is 14.7 Å². The highest BCUT2D eigenvalue weighted by Crippen LogP contribution is 2.30. The van der Waals surface area contributed by atoms with Crippen LogP contribution in [0.1, 0.15) is 35.1 Å². The van der Waals surface area contributed by atoms with Crippen LogP contribution in [0.2, 0.25) is 0 Å². The molecule has 0 spiro atoms. The van der Waals surface area contributed by atoms with E-state index >= 15 is 0 Å². The second-order valence-corrected chi connectivity index (χ2v) is 10.3. The van der Waals surface area contributed by atoms with Crippen molar-refractivity contribution in [1.82, 2.24) is 15.0 Å². The number of anilines is 3. The van der Waals surface area contributed by atoms with Gasteiger partial charge in [0.05, 0.1) is 24.1 Å². The molecule has 0 saturated carbocycles. The first-order valence-corrected chi connectivity index (χ1v) is 13.4. The summed E-state index contributed by atoms with van der Waals surface area (Å²) in [6, 6.07) is 9.34. The summed E-state index contributed by atoms with van der Waals surface area (Å²) in [6.45, 7) is 5.19. The highest BCUT2D eigenvalue weighted by atomic mass is 32.2. The number of hydrogen-bond acceptors (Lipinski definition) is 10. The number of aromatic nitrogens is 3. The number of hydrogen-bond donors (Lipinski definition) is 2. The Labute approximate surface area is 204 Å². The lowest BCUT2D eigenvalue weighted by atomic mass is 10.1. The molecule has 34 heavy (non-hydrogen) atoms. The Morgan fingerprint density at radius 3 is 2.59 bits per heavy atom. The van der Waals surface area contributed by atoms with Crippen molar-refractivity contribution in [2.45, 2.75) is 37.7 Å². The standard InChI is InChI=1S/C23H27N5O4S2/c1-4-32-21(30)20-14(2)24-23(33-20)27-22-25-18(15-5-7-17(8-6-15)34(3)31)13-19(26-22)28-11-9-16(29)10-12-28/h5-8,13,16,29H,4,9-12H2,1-3H3,(H,24,25,26,27). The third-order valence-electron chi connectivity index (χ3n) is 5.46. The first kappa shape index (κ1) is 24.2. The summed E-state index contributed by atoms with van der Waals surface area (Å²) in [5.41, 5.74) is 2.14. The number of benzene rings is 1. The topological polar surface area (TPSA) is 118 Å². The Kier molecular flexibility index (Phi) is 7.54. The molecule has 11 heteroatoms. The van der Waals surface area contributed by atoms with Crippen molar-refractivity contribution in [3.05, 3.63) is 40.9 Å². The van der Waals surface area contributed by atoms with Crippen molar-refractivity contribution >= 4 is 45.0 Å². The summed E-state index contributed by atoms with van der Waals surface area (Å²) < 4.78 is 16.9. The van der Waals surface area contributed by atoms with Gasteiger partial charge in [0.1, 0.15) is 10.7 Å². The Morgan fingerprint density at radius 2 is 1.94 bits per heavy atom. The normalized spacial score (nSPS) is 15.2. The summed E-state index contributed by atoms with van der Waals surface area (Å²) in [6.07, 6.45) is 2.70. The Bertz CT molecular complexity index is 1190. The minimum atomic E-state index is -1.06. The predicted molar refractivity (Wildman–Crippen MR) is 133 cm³/mol. The fraction of sp³-hybridized carbons (Fsp3) is 0.391. The molecule has 180 valence electrons. The Morgan fingerprint density at radius 1 is 1.24 bits per heavy atom. The molecule has 0 radical (unpaired) electrons. The zero-order valence-electron chi connectivity index (χ0n) is 19.3. The molecule has 1 unspecified atom stereocenters. The van der Waals surface area contributed by atoms with Crippen LogP contribution < -0.4 is 10.2 Å². The number of aryl methyl sites for hydroxylation is 1. The van der Waals surface area contributed by atoms with Gasteiger partial charge >= 0.3 is 5.97 Å². The molecule has 0 amide bonds. The second-order valence-electron chi connectivity index (χ2n) is 7.91. The van der Waals surface area contributed by atoms with E-state index in [4.69, 9.17) is 9.72 Å². The van der Waals surface area contributed by atoms with Crippen LogP contribution in [0.25, 0.3) is 11.3 Å². The smallest absolute Gasteiger partial charge is 0.350 e. The van der Waals surface area contributed by atoms with E-state index in [0.717, 1.165) is 16.3 Å². The van der Waals surface area contributed by atoms with Gasteiger partial charge in [0, 0.05) is 46.7 Å². The van der Waals surface area contributed by atoms with E-state index in [9.17, 15) is 14.1 Å². The molecule has 1 saturated heterocycles. The number of ether oxygens (including phenoxy) is 1. The Balaban J connectivity index is 1.68. The predicted octanol–water partition coefficient (Wildman–Crippen LogP) is 3.53. The van der Waals surface area contributed by atoms with Crippen molar-refractivity contribution in [3.63, 3.8) is 0 Å². The van der Waals surface area contributed by atoms with Gasteiger partial charge in [-0.3, -0.25) is 9.53 Å². The van der Waals surface area contributed by atoms with Crippen LogP contribution in [0.3, 0.4) is 0 Å². The molecule has 0 aliphatic carbocycles. The van der Waals surface area contributed by atoms with E-state index in [-0.39, 0.29) is 6.10 Å². The fourth-order valence-electron chi connectivity index (χ4n) is 3.64. The van der Waals surface area contributed by atoms with Crippen molar-refractivity contribution in [3.8, 4) is 11.3 Å². The van der Waals surface area contributed by atoms with Crippen molar-refractivity contribution in [2.75, 3.05) is 36.2 Å². The maximum Gasteiger partial charge on any atom is 0.350 e. The minimum Gasteiger partial charge on any atom is -0.462 e. The van der Waals surface area contributed by atoms with Gasteiger partial charge in [-0.05, 0) is 38.8 Å². The number of aliphatic hydroxyl groups excluding tert-OH is 1. The van der Waals surface area contributed by atoms with Crippen LogP contribution in [-0.2, 0) is 15.5 Å². The van der Waals surface area contributed by atoms with Crippen LogP contribution in [0, 0.1) is 6.92 Å². The van der Waals surface area contributed by atoms with Crippen LogP contribution in [0.5, 0.6) is 0 Å². The van der Waals surface area contributed by atoms with Gasteiger partial charge in [-0.25, -0.2) is 14.8 Å². The molecule has 1 aliphatic rings. The number of esters is 1. The Hall–Kier alpha value is -2.89. The molecule has 1 fully saturated rings. The van der Waals surface area contributed by atoms with Gasteiger partial charge in [0.2, 0.25) is 5.95 Å². The van der Waals surface area contributed by atoms with Crippen LogP contribution in [-0.4, -0.2) is 62.3 Å². The third kappa shape index (κ3) is 5.60. The second kappa shape index (κ2) is 10.6. The maximum atomic E-state index is 12.2. The van der Waals surface area contributed by atoms with Gasteiger partial charge in [-0.15, -0.1) is 0 Å². The van der Waals surface area contributed by atoms with Crippen LogP contribution >= 0.6 is 11.3 Å². The van der Waals surface area contributed by atoms with E-state index in [1.807, 2.05) is 30.3 Å². The average Bonchev–Trinajstić information content (AvgIpc) is 3.19. The molecule has 1 atom stereocenters. The number of piperidine rings is 1. The van der Waals surface area contributed by atoms with E-state index in [2.05, 4.69) is 20.2 Å². The highest BCUT2D eigenvalue weighted by molar-refractivity contribution is 7.84. The first-order chi connectivity index (χ1) is 16.3. The SMILES string of the molecule is CCOC(=O)c1sc(Nc2nc(-c3ccc(S(C)=O)cc3)cc(N3CCC(O)CC3)n2)nc1C. The largest absolute Gasteiger partial charge is 0.462 e. The van der Waals surface area contributed by atoms with E-state index in [1.54, 1.807) is 20.1 Å². The van der Waals surface area contributed by atoms with Crippen molar-refractivity contribution in [2.24, 2.45) is 0 Å². The molecule has 2 aromatic heterocycles.